The van der Waals surface area contributed by atoms with Crippen molar-refractivity contribution >= 4 is 43.5 Å². The number of rotatable bonds is 9. The van der Waals surface area contributed by atoms with Crippen LogP contribution in [0.15, 0.2) is 53.0 Å². The number of benzene rings is 2. The monoisotopic (exact) mass is 509 g/mol. The minimum atomic E-state index is -3.72. The van der Waals surface area contributed by atoms with Crippen LogP contribution in [0.2, 0.25) is 0 Å². The molecule has 0 aliphatic carbocycles. The summed E-state index contributed by atoms with van der Waals surface area (Å²) >= 11 is 3.40. The Labute approximate surface area is 192 Å². The summed E-state index contributed by atoms with van der Waals surface area (Å²) < 4.78 is 26.9. The minimum absolute atomic E-state index is 0.286. The Hall–Kier alpha value is -2.39. The highest BCUT2D eigenvalue weighted by Gasteiger charge is 2.29. The molecule has 0 aliphatic heterocycles. The minimum Gasteiger partial charge on any atom is -0.357 e. The fourth-order valence-electron chi connectivity index (χ4n) is 3.18. The Bertz CT molecular complexity index is 1030. The van der Waals surface area contributed by atoms with Gasteiger partial charge in [-0.25, -0.2) is 8.42 Å². The molecule has 0 bridgehead atoms. The molecule has 0 aromatic heterocycles. The highest BCUT2D eigenvalue weighted by atomic mass is 79.9. The molecule has 1 unspecified atom stereocenters. The highest BCUT2D eigenvalue weighted by Crippen LogP contribution is 2.25. The van der Waals surface area contributed by atoms with Crippen LogP contribution in [0.25, 0.3) is 0 Å². The SMILES string of the molecule is CNC(=O)C(C)N(CCc1ccccc1)C(=O)CN(c1ccc(Br)c(C)c1)S(C)(=O)=O. The molecule has 0 radical (unpaired) electrons. The molecule has 168 valence electrons. The standard InChI is InChI=1S/C22H28BrN3O4S/c1-16-14-19(10-11-20(16)23)26(31(4,29)30)15-21(27)25(17(2)22(28)24-3)13-12-18-8-6-5-7-9-18/h5-11,14,17H,12-13,15H2,1-4H3,(H,24,28). The number of halogens is 1. The van der Waals surface area contributed by atoms with Crippen molar-refractivity contribution in [1.82, 2.24) is 10.2 Å². The summed E-state index contributed by atoms with van der Waals surface area (Å²) in [5, 5.41) is 2.56. The normalized spacial score (nSPS) is 12.2. The summed E-state index contributed by atoms with van der Waals surface area (Å²) in [5.74, 6) is -0.759. The van der Waals surface area contributed by atoms with Crippen molar-refractivity contribution < 1.29 is 18.0 Å². The smallest absolute Gasteiger partial charge is 0.244 e. The van der Waals surface area contributed by atoms with Crippen molar-refractivity contribution in [3.63, 3.8) is 0 Å². The van der Waals surface area contributed by atoms with Gasteiger partial charge in [0.05, 0.1) is 11.9 Å². The second-order valence-electron chi connectivity index (χ2n) is 7.32. The first-order chi connectivity index (χ1) is 14.5. The molecule has 0 heterocycles. The van der Waals surface area contributed by atoms with E-state index in [9.17, 15) is 18.0 Å². The van der Waals surface area contributed by atoms with Crippen LogP contribution in [0.4, 0.5) is 5.69 Å². The zero-order chi connectivity index (χ0) is 23.2. The van der Waals surface area contributed by atoms with Crippen LogP contribution in [0.1, 0.15) is 18.1 Å². The number of carbonyl (C=O) groups is 2. The van der Waals surface area contributed by atoms with Crippen LogP contribution in [0.3, 0.4) is 0 Å². The maximum Gasteiger partial charge on any atom is 0.244 e. The lowest BCUT2D eigenvalue weighted by atomic mass is 10.1. The Morgan fingerprint density at radius 2 is 1.77 bits per heavy atom. The first kappa shape index (κ1) is 24.9. The van der Waals surface area contributed by atoms with E-state index in [4.69, 9.17) is 0 Å². The Morgan fingerprint density at radius 3 is 2.32 bits per heavy atom. The van der Waals surface area contributed by atoms with E-state index < -0.39 is 28.5 Å². The third-order valence-corrected chi connectivity index (χ3v) is 7.04. The van der Waals surface area contributed by atoms with Crippen molar-refractivity contribution in [3.05, 3.63) is 64.1 Å². The lowest BCUT2D eigenvalue weighted by Crippen LogP contribution is -2.51. The molecule has 0 spiro atoms. The number of nitrogens with zero attached hydrogens (tertiary/aromatic N) is 2. The van der Waals surface area contributed by atoms with Crippen molar-refractivity contribution in [2.24, 2.45) is 0 Å². The van der Waals surface area contributed by atoms with Crippen molar-refractivity contribution in [3.8, 4) is 0 Å². The summed E-state index contributed by atoms with van der Waals surface area (Å²) in [4.78, 5) is 26.9. The van der Waals surface area contributed by atoms with Gasteiger partial charge in [0, 0.05) is 18.1 Å². The molecule has 1 atom stereocenters. The lowest BCUT2D eigenvalue weighted by Gasteiger charge is -2.31. The topological polar surface area (TPSA) is 86.8 Å². The van der Waals surface area contributed by atoms with E-state index in [1.54, 1.807) is 25.1 Å². The average molecular weight is 510 g/mol. The first-order valence-corrected chi connectivity index (χ1v) is 12.5. The average Bonchev–Trinajstić information content (AvgIpc) is 2.73. The van der Waals surface area contributed by atoms with Gasteiger partial charge in [0.15, 0.2) is 0 Å². The van der Waals surface area contributed by atoms with Crippen LogP contribution in [-0.2, 0) is 26.0 Å². The molecular formula is C22H28BrN3O4S. The number of hydrogen-bond acceptors (Lipinski definition) is 4. The van der Waals surface area contributed by atoms with E-state index in [0.717, 1.165) is 26.2 Å². The van der Waals surface area contributed by atoms with Crippen LogP contribution >= 0.6 is 15.9 Å². The highest BCUT2D eigenvalue weighted by molar-refractivity contribution is 9.10. The van der Waals surface area contributed by atoms with Crippen LogP contribution in [-0.4, -0.2) is 57.6 Å². The largest absolute Gasteiger partial charge is 0.357 e. The molecule has 2 rings (SSSR count). The van der Waals surface area contributed by atoms with Gasteiger partial charge < -0.3 is 10.2 Å². The van der Waals surface area contributed by atoms with Gasteiger partial charge in [0.25, 0.3) is 0 Å². The Balaban J connectivity index is 2.31. The summed E-state index contributed by atoms with van der Waals surface area (Å²) in [6.45, 7) is 3.37. The maximum absolute atomic E-state index is 13.2. The van der Waals surface area contributed by atoms with Gasteiger partial charge in [0.1, 0.15) is 12.6 Å². The molecule has 2 aromatic carbocycles. The Morgan fingerprint density at radius 1 is 1.13 bits per heavy atom. The number of anilines is 1. The van der Waals surface area contributed by atoms with E-state index in [2.05, 4.69) is 21.2 Å². The van der Waals surface area contributed by atoms with Gasteiger partial charge >= 0.3 is 0 Å². The third-order valence-electron chi connectivity index (χ3n) is 5.01. The molecule has 2 aromatic rings. The molecule has 9 heteroatoms. The van der Waals surface area contributed by atoms with Gasteiger partial charge in [-0.05, 0) is 49.6 Å². The number of hydrogen-bond donors (Lipinski definition) is 1. The van der Waals surface area contributed by atoms with Crippen molar-refractivity contribution in [1.29, 1.82) is 0 Å². The molecular weight excluding hydrogens is 482 g/mol. The summed E-state index contributed by atoms with van der Waals surface area (Å²) in [7, 11) is -2.22. The molecule has 31 heavy (non-hydrogen) atoms. The van der Waals surface area contributed by atoms with Crippen LogP contribution < -0.4 is 9.62 Å². The molecule has 1 N–H and O–H groups in total. The number of aryl methyl sites for hydroxylation is 1. The number of amides is 2. The quantitative estimate of drug-likeness (QED) is 0.562. The van der Waals surface area contributed by atoms with E-state index in [0.29, 0.717) is 12.1 Å². The first-order valence-electron chi connectivity index (χ1n) is 9.83. The number of likely N-dealkylation sites (N-methyl/N-ethyl adjacent to an activating group) is 1. The van der Waals surface area contributed by atoms with Crippen LogP contribution in [0.5, 0.6) is 0 Å². The van der Waals surface area contributed by atoms with Gasteiger partial charge in [-0.3, -0.25) is 13.9 Å². The molecule has 0 saturated heterocycles. The second kappa shape index (κ2) is 10.8. The summed E-state index contributed by atoms with van der Waals surface area (Å²) in [6.07, 6.45) is 1.61. The summed E-state index contributed by atoms with van der Waals surface area (Å²) in [6, 6.07) is 14.0. The molecule has 2 amide bonds. The van der Waals surface area contributed by atoms with Gasteiger partial charge in [-0.2, -0.15) is 0 Å². The van der Waals surface area contributed by atoms with Crippen molar-refractivity contribution in [2.75, 3.05) is 30.7 Å². The van der Waals surface area contributed by atoms with E-state index in [1.807, 2.05) is 37.3 Å². The zero-order valence-electron chi connectivity index (χ0n) is 18.1. The van der Waals surface area contributed by atoms with Gasteiger partial charge in [-0.15, -0.1) is 0 Å². The molecule has 7 nitrogen and oxygen atoms in total. The summed E-state index contributed by atoms with van der Waals surface area (Å²) in [5.41, 5.74) is 2.26. The number of carbonyl (C=O) groups excluding carboxylic acids is 2. The van der Waals surface area contributed by atoms with E-state index in [1.165, 1.54) is 11.9 Å². The lowest BCUT2D eigenvalue weighted by molar-refractivity contribution is -0.138. The molecule has 0 aliphatic rings. The molecule has 0 saturated carbocycles. The number of sulfonamides is 1. The van der Waals surface area contributed by atoms with E-state index in [-0.39, 0.29) is 12.5 Å². The number of nitrogens with one attached hydrogen (secondary N) is 1. The predicted molar refractivity (Wildman–Crippen MR) is 126 cm³/mol. The fraction of sp³-hybridized carbons (Fsp3) is 0.364. The zero-order valence-corrected chi connectivity index (χ0v) is 20.5. The van der Waals surface area contributed by atoms with Gasteiger partial charge in [0.2, 0.25) is 21.8 Å². The van der Waals surface area contributed by atoms with E-state index >= 15 is 0 Å². The fourth-order valence-corrected chi connectivity index (χ4v) is 4.26. The predicted octanol–water partition coefficient (Wildman–Crippen LogP) is 2.73. The van der Waals surface area contributed by atoms with Crippen molar-refractivity contribution in [2.45, 2.75) is 26.3 Å². The van der Waals surface area contributed by atoms with Crippen LogP contribution in [0, 0.1) is 6.92 Å². The Kier molecular flexibility index (Phi) is 8.64. The molecule has 0 fully saturated rings. The third kappa shape index (κ3) is 6.80. The maximum atomic E-state index is 13.2. The van der Waals surface area contributed by atoms with Gasteiger partial charge in [-0.1, -0.05) is 46.3 Å². The second-order valence-corrected chi connectivity index (χ2v) is 10.1.